The van der Waals surface area contributed by atoms with Gasteiger partial charge in [-0.25, -0.2) is 9.48 Å². The zero-order valence-electron chi connectivity index (χ0n) is 13.8. The number of benzene rings is 2. The third-order valence-corrected chi connectivity index (χ3v) is 3.90. The Balaban J connectivity index is 2.07. The monoisotopic (exact) mass is 371 g/mol. The molecule has 0 aliphatic heterocycles. The summed E-state index contributed by atoms with van der Waals surface area (Å²) in [5, 5.41) is 15.8. The second-order valence-electron chi connectivity index (χ2n) is 5.34. The fraction of sp³-hybridized carbons (Fsp3) is 0.111. The molecule has 8 heteroatoms. The van der Waals surface area contributed by atoms with Crippen molar-refractivity contribution in [2.45, 2.75) is 6.92 Å². The molecule has 0 saturated heterocycles. The number of aromatic nitrogens is 2. The molecule has 0 saturated carbocycles. The van der Waals surface area contributed by atoms with Crippen molar-refractivity contribution < 1.29 is 14.5 Å². The van der Waals surface area contributed by atoms with E-state index in [2.05, 4.69) is 5.10 Å². The van der Waals surface area contributed by atoms with Crippen molar-refractivity contribution >= 4 is 23.3 Å². The Bertz CT molecular complexity index is 950. The van der Waals surface area contributed by atoms with Crippen molar-refractivity contribution in [2.75, 3.05) is 6.61 Å². The number of non-ortho nitro benzene ring substituents is 1. The van der Waals surface area contributed by atoms with Crippen molar-refractivity contribution in [3.63, 3.8) is 0 Å². The smallest absolute Gasteiger partial charge is 0.342 e. The number of hydrogen-bond donors (Lipinski definition) is 0. The molecule has 0 amide bonds. The molecule has 0 aliphatic carbocycles. The Labute approximate surface area is 153 Å². The molecule has 0 aliphatic rings. The summed E-state index contributed by atoms with van der Waals surface area (Å²) in [5.41, 5.74) is 2.01. The van der Waals surface area contributed by atoms with E-state index < -0.39 is 10.9 Å². The molecule has 1 heterocycles. The Hall–Kier alpha value is -3.19. The molecule has 132 valence electrons. The first kappa shape index (κ1) is 17.6. The summed E-state index contributed by atoms with van der Waals surface area (Å²) in [6, 6.07) is 12.8. The summed E-state index contributed by atoms with van der Waals surface area (Å²) in [7, 11) is 0. The summed E-state index contributed by atoms with van der Waals surface area (Å²) in [5.74, 6) is -0.495. The second-order valence-corrected chi connectivity index (χ2v) is 5.77. The van der Waals surface area contributed by atoms with Gasteiger partial charge >= 0.3 is 5.97 Å². The number of nitro groups is 1. The van der Waals surface area contributed by atoms with Gasteiger partial charge in [-0.3, -0.25) is 10.1 Å². The maximum absolute atomic E-state index is 12.3. The fourth-order valence-corrected chi connectivity index (χ4v) is 2.54. The van der Waals surface area contributed by atoms with Crippen molar-refractivity contribution in [3.8, 4) is 16.9 Å². The van der Waals surface area contributed by atoms with Crippen LogP contribution in [0.15, 0.2) is 54.7 Å². The predicted octanol–water partition coefficient (Wildman–Crippen LogP) is 4.28. The van der Waals surface area contributed by atoms with Crippen molar-refractivity contribution in [1.29, 1.82) is 0 Å². The van der Waals surface area contributed by atoms with Gasteiger partial charge in [-0.15, -0.1) is 0 Å². The minimum absolute atomic E-state index is 0.0237. The largest absolute Gasteiger partial charge is 0.462 e. The molecule has 0 fully saturated rings. The number of rotatable bonds is 5. The lowest BCUT2D eigenvalue weighted by molar-refractivity contribution is -0.384. The van der Waals surface area contributed by atoms with E-state index >= 15 is 0 Å². The molecule has 2 aromatic carbocycles. The molecule has 3 aromatic rings. The maximum atomic E-state index is 12.3. The minimum atomic E-state index is -0.495. The Morgan fingerprint density at radius 2 is 1.85 bits per heavy atom. The van der Waals surface area contributed by atoms with E-state index in [9.17, 15) is 14.9 Å². The molecule has 1 aromatic heterocycles. The van der Waals surface area contributed by atoms with Crippen LogP contribution in [-0.2, 0) is 4.74 Å². The maximum Gasteiger partial charge on any atom is 0.342 e. The fourth-order valence-electron chi connectivity index (χ4n) is 2.41. The first-order valence-corrected chi connectivity index (χ1v) is 8.15. The highest BCUT2D eigenvalue weighted by molar-refractivity contribution is 6.30. The van der Waals surface area contributed by atoms with Gasteiger partial charge in [0.1, 0.15) is 11.3 Å². The standard InChI is InChI=1S/C18H14ClN3O4/c1-2-26-18(23)16-11-21(14-7-9-15(10-8-14)22(24)25)20-17(16)12-3-5-13(19)6-4-12/h3-11H,2H2,1H3. The van der Waals surface area contributed by atoms with Gasteiger partial charge in [0.05, 0.1) is 17.2 Å². The molecule has 0 N–H and O–H groups in total. The summed E-state index contributed by atoms with van der Waals surface area (Å²) >= 11 is 5.92. The van der Waals surface area contributed by atoms with E-state index in [4.69, 9.17) is 16.3 Å². The Morgan fingerprint density at radius 3 is 2.42 bits per heavy atom. The topological polar surface area (TPSA) is 87.3 Å². The van der Waals surface area contributed by atoms with E-state index in [0.29, 0.717) is 27.5 Å². The number of hydrogen-bond acceptors (Lipinski definition) is 5. The lowest BCUT2D eigenvalue weighted by Crippen LogP contribution is -2.05. The van der Waals surface area contributed by atoms with Crippen LogP contribution in [0.1, 0.15) is 17.3 Å². The average molecular weight is 372 g/mol. The lowest BCUT2D eigenvalue weighted by Gasteiger charge is -2.02. The second kappa shape index (κ2) is 7.37. The highest BCUT2D eigenvalue weighted by Crippen LogP contribution is 2.26. The third-order valence-electron chi connectivity index (χ3n) is 3.65. The first-order valence-electron chi connectivity index (χ1n) is 7.77. The number of carbonyl (C=O) groups excluding carboxylic acids is 1. The zero-order valence-corrected chi connectivity index (χ0v) is 14.5. The molecule has 26 heavy (non-hydrogen) atoms. The van der Waals surface area contributed by atoms with Crippen LogP contribution in [0.3, 0.4) is 0 Å². The Kier molecular flexibility index (Phi) is 4.99. The van der Waals surface area contributed by atoms with Crippen LogP contribution in [-0.4, -0.2) is 27.3 Å². The number of nitrogens with zero attached hydrogens (tertiary/aromatic N) is 3. The third kappa shape index (κ3) is 3.57. The van der Waals surface area contributed by atoms with Gasteiger partial charge in [0.2, 0.25) is 0 Å². The van der Waals surface area contributed by atoms with Crippen LogP contribution < -0.4 is 0 Å². The van der Waals surface area contributed by atoms with E-state index in [1.807, 2.05) is 0 Å². The van der Waals surface area contributed by atoms with Crippen molar-refractivity contribution in [2.24, 2.45) is 0 Å². The molecule has 3 rings (SSSR count). The highest BCUT2D eigenvalue weighted by Gasteiger charge is 2.20. The Morgan fingerprint density at radius 1 is 1.19 bits per heavy atom. The van der Waals surface area contributed by atoms with Gasteiger partial charge in [0.25, 0.3) is 5.69 Å². The summed E-state index contributed by atoms with van der Waals surface area (Å²) < 4.78 is 6.59. The molecular formula is C18H14ClN3O4. The minimum Gasteiger partial charge on any atom is -0.462 e. The van der Waals surface area contributed by atoms with Gasteiger partial charge < -0.3 is 4.74 Å². The van der Waals surface area contributed by atoms with E-state index in [1.54, 1.807) is 49.5 Å². The molecule has 0 unspecified atom stereocenters. The van der Waals surface area contributed by atoms with E-state index in [0.717, 1.165) is 0 Å². The van der Waals surface area contributed by atoms with E-state index in [-0.39, 0.29) is 12.3 Å². The van der Waals surface area contributed by atoms with E-state index in [1.165, 1.54) is 16.8 Å². The molecule has 0 bridgehead atoms. The predicted molar refractivity (Wildman–Crippen MR) is 96.6 cm³/mol. The summed E-state index contributed by atoms with van der Waals surface area (Å²) in [4.78, 5) is 22.6. The molecule has 7 nitrogen and oxygen atoms in total. The van der Waals surface area contributed by atoms with Crippen LogP contribution in [0.2, 0.25) is 5.02 Å². The van der Waals surface area contributed by atoms with Crippen LogP contribution in [0, 0.1) is 10.1 Å². The molecule has 0 atom stereocenters. The molecule has 0 spiro atoms. The number of halogens is 1. The lowest BCUT2D eigenvalue weighted by atomic mass is 10.1. The van der Waals surface area contributed by atoms with Crippen LogP contribution in [0.4, 0.5) is 5.69 Å². The average Bonchev–Trinajstić information content (AvgIpc) is 3.08. The van der Waals surface area contributed by atoms with Crippen LogP contribution >= 0.6 is 11.6 Å². The van der Waals surface area contributed by atoms with Crippen LogP contribution in [0.25, 0.3) is 16.9 Å². The summed E-state index contributed by atoms with van der Waals surface area (Å²) in [6.07, 6.45) is 1.54. The molecule has 0 radical (unpaired) electrons. The number of nitro benzene ring substituents is 1. The van der Waals surface area contributed by atoms with Gasteiger partial charge in [-0.1, -0.05) is 23.7 Å². The number of esters is 1. The van der Waals surface area contributed by atoms with Crippen molar-refractivity contribution in [1.82, 2.24) is 9.78 Å². The van der Waals surface area contributed by atoms with Gasteiger partial charge in [0.15, 0.2) is 0 Å². The number of carbonyl (C=O) groups is 1. The van der Waals surface area contributed by atoms with Gasteiger partial charge in [-0.05, 0) is 31.2 Å². The van der Waals surface area contributed by atoms with Gasteiger partial charge in [0, 0.05) is 28.9 Å². The SMILES string of the molecule is CCOC(=O)c1cn(-c2ccc([N+](=O)[O-])cc2)nc1-c1ccc(Cl)cc1. The van der Waals surface area contributed by atoms with Gasteiger partial charge in [-0.2, -0.15) is 5.10 Å². The zero-order chi connectivity index (χ0) is 18.7. The normalized spacial score (nSPS) is 10.5. The first-order chi connectivity index (χ1) is 12.5. The summed E-state index contributed by atoms with van der Waals surface area (Å²) in [6.45, 7) is 1.96. The molecular weight excluding hydrogens is 358 g/mol. The number of ether oxygens (including phenoxy) is 1. The quantitative estimate of drug-likeness (QED) is 0.379. The highest BCUT2D eigenvalue weighted by atomic mass is 35.5. The van der Waals surface area contributed by atoms with Crippen LogP contribution in [0.5, 0.6) is 0 Å². The van der Waals surface area contributed by atoms with Crippen molar-refractivity contribution in [3.05, 3.63) is 75.4 Å².